The number of carbonyl (C=O) groups is 2. The number of nitrogens with one attached hydrogen (secondary N) is 2. The zero-order valence-electron chi connectivity index (χ0n) is 18.6. The lowest BCUT2D eigenvalue weighted by Crippen LogP contribution is -2.50. The van der Waals surface area contributed by atoms with E-state index in [1.165, 1.54) is 18.3 Å². The third kappa shape index (κ3) is 5.15. The highest BCUT2D eigenvalue weighted by atomic mass is 35.5. The van der Waals surface area contributed by atoms with E-state index in [2.05, 4.69) is 20.8 Å². The lowest BCUT2D eigenvalue weighted by molar-refractivity contribution is -0.138. The van der Waals surface area contributed by atoms with Crippen molar-refractivity contribution in [2.24, 2.45) is 10.3 Å². The minimum atomic E-state index is -3.95. The molecule has 6 N–H and O–H groups in total. The molecule has 1 aliphatic rings. The Morgan fingerprint density at radius 3 is 2.58 bits per heavy atom. The highest BCUT2D eigenvalue weighted by Gasteiger charge is 2.47. The van der Waals surface area contributed by atoms with Gasteiger partial charge in [0.15, 0.2) is 0 Å². The second-order valence-electron chi connectivity index (χ2n) is 7.96. The number of primary sulfonamides is 1. The van der Waals surface area contributed by atoms with Crippen LogP contribution in [0, 0.1) is 0 Å². The van der Waals surface area contributed by atoms with E-state index >= 15 is 0 Å². The van der Waals surface area contributed by atoms with Crippen LogP contribution < -0.4 is 21.5 Å². The smallest absolute Gasteiger partial charge is 0.274 e. The number of nitrogens with zero attached hydrogens (tertiary/aromatic N) is 2. The first-order chi connectivity index (χ1) is 17.1. The summed E-state index contributed by atoms with van der Waals surface area (Å²) in [5, 5.41) is 14.9. The molecule has 1 atom stereocenters. The van der Waals surface area contributed by atoms with E-state index in [0.717, 1.165) is 0 Å². The van der Waals surface area contributed by atoms with E-state index in [0.29, 0.717) is 39.5 Å². The predicted octanol–water partition coefficient (Wildman–Crippen LogP) is 1.88. The van der Waals surface area contributed by atoms with Gasteiger partial charge >= 0.3 is 0 Å². The molecule has 0 saturated heterocycles. The zero-order chi connectivity index (χ0) is 25.9. The van der Waals surface area contributed by atoms with Gasteiger partial charge in [0.2, 0.25) is 22.0 Å². The minimum absolute atomic E-state index is 0.0422. The normalized spacial score (nSPS) is 17.1. The number of oxime groups is 1. The van der Waals surface area contributed by atoms with E-state index < -0.39 is 21.5 Å². The molecule has 36 heavy (non-hydrogen) atoms. The SMILES string of the molecule is Nc1cc(C2=NO[C@](CNC=O)(C(=O)Nc3ccc(-c4ccccc4S(N)(=O)=O)cn3)C2)ccc1Cl. The molecule has 186 valence electrons. The maximum absolute atomic E-state index is 13.2. The van der Waals surface area contributed by atoms with Gasteiger partial charge in [-0.3, -0.25) is 9.59 Å². The number of nitrogen functional groups attached to an aromatic ring is 1. The minimum Gasteiger partial charge on any atom is -0.398 e. The van der Waals surface area contributed by atoms with Crippen LogP contribution in [0.5, 0.6) is 0 Å². The predicted molar refractivity (Wildman–Crippen MR) is 135 cm³/mol. The first-order valence-corrected chi connectivity index (χ1v) is 12.4. The van der Waals surface area contributed by atoms with Gasteiger partial charge in [0.1, 0.15) is 5.82 Å². The summed E-state index contributed by atoms with van der Waals surface area (Å²) >= 11 is 5.98. The molecule has 0 fully saturated rings. The summed E-state index contributed by atoms with van der Waals surface area (Å²) in [6.45, 7) is -0.155. The summed E-state index contributed by atoms with van der Waals surface area (Å²) in [5.74, 6) is -0.419. The molecule has 13 heteroatoms. The second-order valence-corrected chi connectivity index (χ2v) is 9.90. The van der Waals surface area contributed by atoms with Gasteiger partial charge in [-0.1, -0.05) is 41.0 Å². The van der Waals surface area contributed by atoms with Crippen LogP contribution in [0.2, 0.25) is 5.02 Å². The number of benzene rings is 2. The quantitative estimate of drug-likeness (QED) is 0.254. The molecule has 0 saturated carbocycles. The lowest BCUT2D eigenvalue weighted by atomic mass is 9.92. The van der Waals surface area contributed by atoms with Crippen LogP contribution in [0.25, 0.3) is 11.1 Å². The van der Waals surface area contributed by atoms with Crippen molar-refractivity contribution >= 4 is 51.2 Å². The Morgan fingerprint density at radius 2 is 1.92 bits per heavy atom. The number of sulfonamides is 1. The number of aromatic nitrogens is 1. The van der Waals surface area contributed by atoms with Crippen LogP contribution in [-0.2, 0) is 24.4 Å². The van der Waals surface area contributed by atoms with Gasteiger partial charge in [0.25, 0.3) is 5.91 Å². The first-order valence-electron chi connectivity index (χ1n) is 10.5. The van der Waals surface area contributed by atoms with Crippen LogP contribution in [0.4, 0.5) is 11.5 Å². The van der Waals surface area contributed by atoms with Crippen LogP contribution in [0.15, 0.2) is 70.8 Å². The number of carbonyl (C=O) groups excluding carboxylic acids is 2. The Bertz CT molecular complexity index is 1460. The zero-order valence-corrected chi connectivity index (χ0v) is 20.2. The number of halogens is 1. The van der Waals surface area contributed by atoms with E-state index in [9.17, 15) is 18.0 Å². The average molecular weight is 529 g/mol. The van der Waals surface area contributed by atoms with E-state index in [1.54, 1.807) is 42.5 Å². The number of rotatable bonds is 8. The maximum Gasteiger partial charge on any atom is 0.274 e. The molecule has 2 heterocycles. The van der Waals surface area contributed by atoms with Crippen molar-refractivity contribution in [1.82, 2.24) is 10.3 Å². The molecule has 0 unspecified atom stereocenters. The highest BCUT2D eigenvalue weighted by molar-refractivity contribution is 7.89. The Labute approximate surface area is 211 Å². The fourth-order valence-electron chi connectivity index (χ4n) is 3.67. The Balaban J connectivity index is 1.55. The van der Waals surface area contributed by atoms with Crippen molar-refractivity contribution in [2.75, 3.05) is 17.6 Å². The average Bonchev–Trinajstić information content (AvgIpc) is 3.30. The lowest BCUT2D eigenvalue weighted by Gasteiger charge is -2.24. The van der Waals surface area contributed by atoms with Gasteiger partial charge in [0, 0.05) is 29.3 Å². The van der Waals surface area contributed by atoms with Crippen LogP contribution in [0.3, 0.4) is 0 Å². The molecular formula is C23H21ClN6O5S. The summed E-state index contributed by atoms with van der Waals surface area (Å²) in [6.07, 6.45) is 1.90. The second kappa shape index (κ2) is 9.93. The third-order valence-corrected chi connectivity index (χ3v) is 6.82. The largest absolute Gasteiger partial charge is 0.398 e. The molecule has 3 aromatic rings. The molecule has 2 amide bonds. The topological polar surface area (TPSA) is 179 Å². The summed E-state index contributed by atoms with van der Waals surface area (Å²) in [5.41, 5.74) is 6.60. The van der Waals surface area contributed by atoms with Gasteiger partial charge in [-0.25, -0.2) is 18.5 Å². The fourth-order valence-corrected chi connectivity index (χ4v) is 4.55. The molecule has 4 rings (SSSR count). The molecule has 0 bridgehead atoms. The summed E-state index contributed by atoms with van der Waals surface area (Å²) in [6, 6.07) is 14.3. The van der Waals surface area contributed by atoms with Crippen LogP contribution in [-0.4, -0.2) is 43.6 Å². The standard InChI is InChI=1S/C23H21ClN6O5S/c24-17-7-5-14(9-18(17)25)19-10-23(35-30-19,12-27-13-31)22(32)29-21-8-6-15(11-28-21)16-3-1-2-4-20(16)36(26,33)34/h1-9,11,13H,10,12,25H2,(H,27,31)(H2,26,33,34)(H,28,29,32)/t23-/m1/s1. The Kier molecular flexibility index (Phi) is 6.93. The highest BCUT2D eigenvalue weighted by Crippen LogP contribution is 2.31. The van der Waals surface area contributed by atoms with Crippen molar-refractivity contribution in [2.45, 2.75) is 16.9 Å². The molecule has 1 aliphatic heterocycles. The summed E-state index contributed by atoms with van der Waals surface area (Å²) < 4.78 is 23.8. The summed E-state index contributed by atoms with van der Waals surface area (Å²) in [4.78, 5) is 33.9. The number of amides is 2. The molecule has 0 radical (unpaired) electrons. The van der Waals surface area contributed by atoms with E-state index in [1.807, 2.05) is 0 Å². The number of anilines is 2. The molecule has 2 aromatic carbocycles. The van der Waals surface area contributed by atoms with E-state index in [-0.39, 0.29) is 23.7 Å². The molecule has 11 nitrogen and oxygen atoms in total. The van der Waals surface area contributed by atoms with Crippen molar-refractivity contribution in [3.8, 4) is 11.1 Å². The number of pyridine rings is 1. The van der Waals surface area contributed by atoms with Crippen LogP contribution in [0.1, 0.15) is 12.0 Å². The molecule has 0 aliphatic carbocycles. The number of hydrogen-bond acceptors (Lipinski definition) is 8. The Morgan fingerprint density at radius 1 is 1.17 bits per heavy atom. The van der Waals surface area contributed by atoms with Gasteiger partial charge in [-0.05, 0) is 30.3 Å². The maximum atomic E-state index is 13.2. The number of hydrogen-bond donors (Lipinski definition) is 4. The molecule has 1 aromatic heterocycles. The Hall–Kier alpha value is -4.00. The van der Waals surface area contributed by atoms with Gasteiger partial charge in [0.05, 0.1) is 27.9 Å². The van der Waals surface area contributed by atoms with Gasteiger partial charge in [-0.15, -0.1) is 0 Å². The van der Waals surface area contributed by atoms with Crippen molar-refractivity contribution in [3.63, 3.8) is 0 Å². The molecule has 0 spiro atoms. The van der Waals surface area contributed by atoms with Crippen LogP contribution >= 0.6 is 11.6 Å². The molecular weight excluding hydrogens is 508 g/mol. The van der Waals surface area contributed by atoms with Gasteiger partial charge in [-0.2, -0.15) is 0 Å². The monoisotopic (exact) mass is 528 g/mol. The van der Waals surface area contributed by atoms with E-state index in [4.69, 9.17) is 27.3 Å². The first kappa shape index (κ1) is 25.1. The van der Waals surface area contributed by atoms with Crippen molar-refractivity contribution < 1.29 is 22.8 Å². The van der Waals surface area contributed by atoms with Gasteiger partial charge < -0.3 is 21.2 Å². The number of nitrogens with two attached hydrogens (primary N) is 2. The van der Waals surface area contributed by atoms with Crippen molar-refractivity contribution in [1.29, 1.82) is 0 Å². The van der Waals surface area contributed by atoms with Crippen molar-refractivity contribution in [3.05, 3.63) is 71.4 Å². The third-order valence-electron chi connectivity index (χ3n) is 5.51. The summed E-state index contributed by atoms with van der Waals surface area (Å²) in [7, 11) is -3.95. The fraction of sp³-hybridized carbons (Fsp3) is 0.130.